The molecule has 2 aliphatic heterocycles. The predicted octanol–water partition coefficient (Wildman–Crippen LogP) is 2.77. The highest BCUT2D eigenvalue weighted by Gasteiger charge is 2.45. The van der Waals surface area contributed by atoms with Crippen LogP contribution in [0.1, 0.15) is 17.2 Å². The van der Waals surface area contributed by atoms with Crippen LogP contribution in [-0.2, 0) is 20.9 Å². The van der Waals surface area contributed by atoms with Crippen molar-refractivity contribution in [1.29, 1.82) is 0 Å². The number of carbonyl (C=O) groups is 2. The fourth-order valence-corrected chi connectivity index (χ4v) is 3.50. The first-order valence-electron chi connectivity index (χ1n) is 8.70. The molecule has 0 radical (unpaired) electrons. The lowest BCUT2D eigenvalue weighted by Crippen LogP contribution is -2.40. The molecule has 6 nitrogen and oxygen atoms in total. The third kappa shape index (κ3) is 3.21. The lowest BCUT2D eigenvalue weighted by atomic mass is 9.92. The SMILES string of the molecule is O=C1OCCN1C(=O)[C@@H]1CON(Cc2ccccc2)[C@@H]1c1ccccc1. The Balaban J connectivity index is 1.61. The van der Waals surface area contributed by atoms with Crippen molar-refractivity contribution in [1.82, 2.24) is 9.96 Å². The van der Waals surface area contributed by atoms with Gasteiger partial charge < -0.3 is 4.74 Å². The summed E-state index contributed by atoms with van der Waals surface area (Å²) in [6, 6.07) is 19.5. The van der Waals surface area contributed by atoms with Crippen LogP contribution in [0.15, 0.2) is 60.7 Å². The van der Waals surface area contributed by atoms with Crippen LogP contribution in [0, 0.1) is 5.92 Å². The largest absolute Gasteiger partial charge is 0.447 e. The minimum absolute atomic E-state index is 0.239. The van der Waals surface area contributed by atoms with E-state index in [0.717, 1.165) is 11.1 Å². The van der Waals surface area contributed by atoms with E-state index in [-0.39, 0.29) is 25.2 Å². The molecule has 2 atom stereocenters. The van der Waals surface area contributed by atoms with Crippen molar-refractivity contribution in [3.05, 3.63) is 71.8 Å². The zero-order valence-corrected chi connectivity index (χ0v) is 14.3. The third-order valence-electron chi connectivity index (χ3n) is 4.78. The van der Waals surface area contributed by atoms with E-state index in [9.17, 15) is 9.59 Å². The molecular weight excluding hydrogens is 332 g/mol. The Labute approximate surface area is 151 Å². The van der Waals surface area contributed by atoms with E-state index in [0.29, 0.717) is 13.1 Å². The molecule has 0 unspecified atom stereocenters. The van der Waals surface area contributed by atoms with Crippen molar-refractivity contribution in [2.45, 2.75) is 12.6 Å². The van der Waals surface area contributed by atoms with E-state index in [1.165, 1.54) is 4.90 Å². The summed E-state index contributed by atoms with van der Waals surface area (Å²) in [7, 11) is 0. The Kier molecular flexibility index (Phi) is 4.69. The number of hydroxylamine groups is 2. The molecule has 0 aliphatic carbocycles. The maximum absolute atomic E-state index is 13.0. The number of cyclic esters (lactones) is 1. The van der Waals surface area contributed by atoms with Crippen LogP contribution in [0.2, 0.25) is 0 Å². The summed E-state index contributed by atoms with van der Waals surface area (Å²) in [6.07, 6.45) is -0.566. The average Bonchev–Trinajstić information content (AvgIpc) is 3.29. The molecule has 6 heteroatoms. The summed E-state index contributed by atoms with van der Waals surface area (Å²) >= 11 is 0. The number of carbonyl (C=O) groups excluding carboxylic acids is 2. The monoisotopic (exact) mass is 352 g/mol. The summed E-state index contributed by atoms with van der Waals surface area (Å²) in [5.41, 5.74) is 2.09. The van der Waals surface area contributed by atoms with E-state index in [2.05, 4.69) is 0 Å². The lowest BCUT2D eigenvalue weighted by molar-refractivity contribution is -0.141. The average molecular weight is 352 g/mol. The van der Waals surface area contributed by atoms with Crippen LogP contribution in [0.4, 0.5) is 4.79 Å². The highest BCUT2D eigenvalue weighted by atomic mass is 16.7. The summed E-state index contributed by atoms with van der Waals surface area (Å²) in [5.74, 6) is -0.691. The second kappa shape index (κ2) is 7.27. The first kappa shape index (κ1) is 16.8. The molecule has 2 amide bonds. The van der Waals surface area contributed by atoms with Crippen molar-refractivity contribution in [3.8, 4) is 0 Å². The number of hydrogen-bond donors (Lipinski definition) is 0. The highest BCUT2D eigenvalue weighted by molar-refractivity contribution is 5.94. The van der Waals surface area contributed by atoms with Crippen molar-refractivity contribution in [3.63, 3.8) is 0 Å². The van der Waals surface area contributed by atoms with E-state index < -0.39 is 12.0 Å². The van der Waals surface area contributed by atoms with Crippen molar-refractivity contribution in [2.24, 2.45) is 5.92 Å². The molecule has 0 N–H and O–H groups in total. The number of hydrogen-bond acceptors (Lipinski definition) is 5. The molecule has 2 heterocycles. The Hall–Kier alpha value is -2.70. The lowest BCUT2D eigenvalue weighted by Gasteiger charge is -2.26. The van der Waals surface area contributed by atoms with Gasteiger partial charge in [-0.2, -0.15) is 5.06 Å². The number of imide groups is 1. The Morgan fingerprint density at radius 1 is 1.04 bits per heavy atom. The van der Waals surface area contributed by atoms with Gasteiger partial charge in [-0.15, -0.1) is 0 Å². The van der Waals surface area contributed by atoms with Crippen LogP contribution in [0.5, 0.6) is 0 Å². The summed E-state index contributed by atoms with van der Waals surface area (Å²) < 4.78 is 4.92. The van der Waals surface area contributed by atoms with Crippen molar-refractivity contribution in [2.75, 3.05) is 19.8 Å². The quantitative estimate of drug-likeness (QED) is 0.847. The molecule has 26 heavy (non-hydrogen) atoms. The molecule has 0 spiro atoms. The maximum Gasteiger partial charge on any atom is 0.416 e. The molecule has 2 saturated heterocycles. The summed E-state index contributed by atoms with van der Waals surface area (Å²) in [5, 5.41) is 1.84. The third-order valence-corrected chi connectivity index (χ3v) is 4.78. The van der Waals surface area contributed by atoms with Crippen LogP contribution in [0.25, 0.3) is 0 Å². The van der Waals surface area contributed by atoms with Crippen LogP contribution < -0.4 is 0 Å². The van der Waals surface area contributed by atoms with Gasteiger partial charge in [-0.25, -0.2) is 9.69 Å². The van der Waals surface area contributed by atoms with Gasteiger partial charge in [0.05, 0.1) is 25.1 Å². The van der Waals surface area contributed by atoms with Gasteiger partial charge in [-0.1, -0.05) is 60.7 Å². The Morgan fingerprint density at radius 3 is 2.38 bits per heavy atom. The van der Waals surface area contributed by atoms with Gasteiger partial charge in [-0.05, 0) is 11.1 Å². The molecule has 4 rings (SSSR count). The van der Waals surface area contributed by atoms with E-state index in [1.54, 1.807) is 0 Å². The smallest absolute Gasteiger partial charge is 0.416 e. The number of rotatable bonds is 4. The zero-order chi connectivity index (χ0) is 17.9. The predicted molar refractivity (Wildman–Crippen MR) is 93.7 cm³/mol. The fourth-order valence-electron chi connectivity index (χ4n) is 3.50. The summed E-state index contributed by atoms with van der Waals surface area (Å²) in [4.78, 5) is 31.9. The molecule has 2 fully saturated rings. The molecule has 0 bridgehead atoms. The molecule has 2 aromatic carbocycles. The summed E-state index contributed by atoms with van der Waals surface area (Å²) in [6.45, 7) is 1.36. The minimum Gasteiger partial charge on any atom is -0.447 e. The van der Waals surface area contributed by atoms with Crippen LogP contribution >= 0.6 is 0 Å². The Bertz CT molecular complexity index is 781. The first-order valence-corrected chi connectivity index (χ1v) is 8.70. The van der Waals surface area contributed by atoms with Crippen LogP contribution in [0.3, 0.4) is 0 Å². The molecule has 0 saturated carbocycles. The highest BCUT2D eigenvalue weighted by Crippen LogP contribution is 2.37. The minimum atomic E-state index is -0.566. The zero-order valence-electron chi connectivity index (χ0n) is 14.3. The standard InChI is InChI=1S/C20H20N2O4/c23-19(21-11-12-25-20(21)24)17-14-26-22(13-15-7-3-1-4-8-15)18(17)16-9-5-2-6-10-16/h1-10,17-18H,11-14H2/t17-,18-/m1/s1. The van der Waals surface area contributed by atoms with Crippen LogP contribution in [-0.4, -0.2) is 41.7 Å². The first-order chi connectivity index (χ1) is 12.7. The second-order valence-corrected chi connectivity index (χ2v) is 6.42. The normalized spacial score (nSPS) is 23.2. The number of ether oxygens (including phenoxy) is 1. The molecule has 2 aromatic rings. The van der Waals surface area contributed by atoms with Gasteiger partial charge in [0.2, 0.25) is 5.91 Å². The Morgan fingerprint density at radius 2 is 1.73 bits per heavy atom. The van der Waals surface area contributed by atoms with Gasteiger partial charge >= 0.3 is 6.09 Å². The van der Waals surface area contributed by atoms with E-state index in [1.807, 2.05) is 65.7 Å². The number of nitrogens with zero attached hydrogens (tertiary/aromatic N) is 2. The van der Waals surface area contributed by atoms with Gasteiger partial charge in [0.15, 0.2) is 0 Å². The molecule has 0 aromatic heterocycles. The molecular formula is C20H20N2O4. The molecule has 134 valence electrons. The number of amides is 2. The van der Waals surface area contributed by atoms with Gasteiger partial charge in [0.25, 0.3) is 0 Å². The van der Waals surface area contributed by atoms with E-state index in [4.69, 9.17) is 9.57 Å². The van der Waals surface area contributed by atoms with Crippen molar-refractivity contribution < 1.29 is 19.2 Å². The van der Waals surface area contributed by atoms with Gasteiger partial charge in [-0.3, -0.25) is 9.63 Å². The fraction of sp³-hybridized carbons (Fsp3) is 0.300. The maximum atomic E-state index is 13.0. The second-order valence-electron chi connectivity index (χ2n) is 6.42. The number of benzene rings is 2. The van der Waals surface area contributed by atoms with Crippen molar-refractivity contribution >= 4 is 12.0 Å². The van der Waals surface area contributed by atoms with Gasteiger partial charge in [0.1, 0.15) is 6.61 Å². The van der Waals surface area contributed by atoms with E-state index >= 15 is 0 Å². The molecule has 2 aliphatic rings. The topological polar surface area (TPSA) is 59.1 Å². The van der Waals surface area contributed by atoms with Gasteiger partial charge in [0, 0.05) is 6.54 Å².